The lowest BCUT2D eigenvalue weighted by molar-refractivity contribution is -0.143. The van der Waals surface area contributed by atoms with E-state index in [1.165, 1.54) is 6.92 Å². The molecule has 0 bridgehead atoms. The van der Waals surface area contributed by atoms with E-state index in [0.717, 1.165) is 16.7 Å². The van der Waals surface area contributed by atoms with Gasteiger partial charge in [-0.25, -0.2) is 4.79 Å². The summed E-state index contributed by atoms with van der Waals surface area (Å²) in [5.74, 6) is -0.899. The fourth-order valence-corrected chi connectivity index (χ4v) is 3.43. The van der Waals surface area contributed by atoms with Crippen molar-refractivity contribution in [3.05, 3.63) is 75.5 Å². The maximum absolute atomic E-state index is 12.6. The van der Waals surface area contributed by atoms with E-state index in [1.54, 1.807) is 6.07 Å². The third-order valence-corrected chi connectivity index (χ3v) is 4.25. The lowest BCUT2D eigenvalue weighted by atomic mass is 9.96. The van der Waals surface area contributed by atoms with Crippen LogP contribution in [0.4, 0.5) is 0 Å². The predicted molar refractivity (Wildman–Crippen MR) is 94.9 cm³/mol. The number of benzene rings is 2. The van der Waals surface area contributed by atoms with Gasteiger partial charge in [-0.15, -0.1) is 0 Å². The molecule has 0 aromatic heterocycles. The molecule has 1 atom stereocenters. The predicted octanol–water partition coefficient (Wildman–Crippen LogP) is 4.53. The van der Waals surface area contributed by atoms with Crippen molar-refractivity contribution in [1.82, 2.24) is 0 Å². The molecule has 1 unspecified atom stereocenters. The van der Waals surface area contributed by atoms with E-state index in [2.05, 4.69) is 0 Å². The average Bonchev–Trinajstić information content (AvgIpc) is 2.84. The van der Waals surface area contributed by atoms with Crippen molar-refractivity contribution in [3.8, 4) is 0 Å². The van der Waals surface area contributed by atoms with Crippen molar-refractivity contribution < 1.29 is 19.1 Å². The molecule has 3 rings (SSSR count). The van der Waals surface area contributed by atoms with Crippen molar-refractivity contribution in [1.29, 1.82) is 0 Å². The maximum atomic E-state index is 12.6. The van der Waals surface area contributed by atoms with Crippen LogP contribution in [0.1, 0.15) is 35.3 Å². The van der Waals surface area contributed by atoms with Gasteiger partial charge in [-0.05, 0) is 31.0 Å². The van der Waals surface area contributed by atoms with Crippen molar-refractivity contribution >= 4 is 29.1 Å². The van der Waals surface area contributed by atoms with Gasteiger partial charge in [-0.3, -0.25) is 4.79 Å². The summed E-state index contributed by atoms with van der Waals surface area (Å²) in [5.41, 5.74) is 3.25. The second kappa shape index (κ2) is 6.73. The van der Waals surface area contributed by atoms with E-state index in [9.17, 15) is 9.59 Å². The Morgan fingerprint density at radius 2 is 1.84 bits per heavy atom. The number of hydrogen-bond acceptors (Lipinski definition) is 4. The van der Waals surface area contributed by atoms with Gasteiger partial charge in [-0.1, -0.05) is 48.0 Å². The number of carbonyl (C=O) groups is 2. The van der Waals surface area contributed by atoms with Crippen LogP contribution in [-0.4, -0.2) is 11.9 Å². The zero-order valence-electron chi connectivity index (χ0n) is 14.1. The number of halogens is 1. The molecule has 25 heavy (non-hydrogen) atoms. The number of ether oxygens (including phenoxy) is 2. The molecule has 0 N–H and O–H groups in total. The highest BCUT2D eigenvalue weighted by Gasteiger charge is 2.40. The van der Waals surface area contributed by atoms with Crippen LogP contribution in [0.5, 0.6) is 0 Å². The van der Waals surface area contributed by atoms with Crippen LogP contribution in [0, 0.1) is 13.8 Å². The minimum absolute atomic E-state index is 0.178. The molecule has 4 nitrogen and oxygen atoms in total. The summed E-state index contributed by atoms with van der Waals surface area (Å²) in [5, 5.41) is 0.419. The normalized spacial score (nSPS) is 16.8. The minimum atomic E-state index is -0.774. The van der Waals surface area contributed by atoms with Crippen LogP contribution in [0.15, 0.2) is 48.2 Å². The van der Waals surface area contributed by atoms with Crippen molar-refractivity contribution in [2.24, 2.45) is 0 Å². The number of carbonyl (C=O) groups excluding carboxylic acids is 2. The van der Waals surface area contributed by atoms with E-state index in [0.29, 0.717) is 10.6 Å². The van der Waals surface area contributed by atoms with E-state index in [-0.39, 0.29) is 11.3 Å². The lowest BCUT2D eigenvalue weighted by Crippen LogP contribution is -2.07. The maximum Gasteiger partial charge on any atom is 0.343 e. The zero-order valence-corrected chi connectivity index (χ0v) is 14.9. The van der Waals surface area contributed by atoms with Crippen molar-refractivity contribution in [2.75, 3.05) is 0 Å². The Balaban J connectivity index is 2.22. The first-order valence-electron chi connectivity index (χ1n) is 7.84. The van der Waals surface area contributed by atoms with Crippen molar-refractivity contribution in [3.63, 3.8) is 0 Å². The molecule has 1 aliphatic heterocycles. The molecule has 5 heteroatoms. The lowest BCUT2D eigenvalue weighted by Gasteiger charge is -2.14. The van der Waals surface area contributed by atoms with Gasteiger partial charge in [0.15, 0.2) is 11.9 Å². The molecule has 0 fully saturated rings. The van der Waals surface area contributed by atoms with E-state index < -0.39 is 18.0 Å². The smallest absolute Gasteiger partial charge is 0.343 e. The van der Waals surface area contributed by atoms with Crippen LogP contribution in [0.25, 0.3) is 5.57 Å². The van der Waals surface area contributed by atoms with Gasteiger partial charge >= 0.3 is 11.9 Å². The molecular weight excluding hydrogens is 340 g/mol. The molecule has 2 aromatic rings. The molecule has 0 spiro atoms. The van der Waals surface area contributed by atoms with Gasteiger partial charge in [0, 0.05) is 23.1 Å². The second-order valence-electron chi connectivity index (χ2n) is 5.97. The van der Waals surface area contributed by atoms with Crippen LogP contribution >= 0.6 is 11.6 Å². The van der Waals surface area contributed by atoms with Crippen LogP contribution in [0.2, 0.25) is 5.02 Å². The Hall–Kier alpha value is -2.59. The number of aryl methyl sites for hydroxylation is 2. The van der Waals surface area contributed by atoms with Gasteiger partial charge in [0.1, 0.15) is 5.57 Å². The molecule has 1 heterocycles. The quantitative estimate of drug-likeness (QED) is 0.758. The summed E-state index contributed by atoms with van der Waals surface area (Å²) in [6.07, 6.45) is -0.774. The van der Waals surface area contributed by atoms with Gasteiger partial charge < -0.3 is 9.47 Å². The number of esters is 2. The highest BCUT2D eigenvalue weighted by atomic mass is 35.5. The Bertz CT molecular complexity index is 861. The molecule has 0 aliphatic carbocycles. The van der Waals surface area contributed by atoms with Gasteiger partial charge in [0.25, 0.3) is 0 Å². The van der Waals surface area contributed by atoms with Crippen LogP contribution in [0.3, 0.4) is 0 Å². The summed E-state index contributed by atoms with van der Waals surface area (Å²) in [4.78, 5) is 24.2. The minimum Gasteiger partial charge on any atom is -0.445 e. The standard InChI is InChI=1S/C20H17ClO4/c1-11-9-12(2)16(15(21)10-11)17-19(24-13(3)22)18(25-20(17)23)14-7-5-4-6-8-14/h4-10,18H,1-3H3. The topological polar surface area (TPSA) is 52.6 Å². The molecule has 128 valence electrons. The van der Waals surface area contributed by atoms with Crippen LogP contribution < -0.4 is 0 Å². The van der Waals surface area contributed by atoms with Gasteiger partial charge in [-0.2, -0.15) is 0 Å². The highest BCUT2D eigenvalue weighted by Crippen LogP contribution is 2.43. The summed E-state index contributed by atoms with van der Waals surface area (Å²) >= 11 is 6.39. The second-order valence-corrected chi connectivity index (χ2v) is 6.37. The first-order valence-corrected chi connectivity index (χ1v) is 8.22. The highest BCUT2D eigenvalue weighted by molar-refractivity contribution is 6.35. The largest absolute Gasteiger partial charge is 0.445 e. The Morgan fingerprint density at radius 1 is 1.16 bits per heavy atom. The molecule has 0 radical (unpaired) electrons. The van der Waals surface area contributed by atoms with Crippen LogP contribution in [-0.2, 0) is 19.1 Å². The number of cyclic esters (lactones) is 1. The SMILES string of the molecule is CC(=O)OC1=C(c2c(C)cc(C)cc2Cl)C(=O)OC1c1ccccc1. The van der Waals surface area contributed by atoms with Gasteiger partial charge in [0.05, 0.1) is 0 Å². The molecule has 2 aromatic carbocycles. The first kappa shape index (κ1) is 17.2. The molecule has 0 saturated carbocycles. The third-order valence-electron chi connectivity index (χ3n) is 3.95. The molecular formula is C20H17ClO4. The Labute approximate surface area is 151 Å². The third kappa shape index (κ3) is 3.30. The average molecular weight is 357 g/mol. The molecule has 0 saturated heterocycles. The molecule has 1 aliphatic rings. The zero-order chi connectivity index (χ0) is 18.1. The number of rotatable bonds is 3. The summed E-state index contributed by atoms with van der Waals surface area (Å²) < 4.78 is 10.9. The number of hydrogen-bond donors (Lipinski definition) is 0. The Morgan fingerprint density at radius 3 is 2.44 bits per heavy atom. The first-order chi connectivity index (χ1) is 11.9. The monoisotopic (exact) mass is 356 g/mol. The summed E-state index contributed by atoms with van der Waals surface area (Å²) in [6, 6.07) is 12.8. The van der Waals surface area contributed by atoms with E-state index in [1.807, 2.05) is 50.2 Å². The van der Waals surface area contributed by atoms with Gasteiger partial charge in [0.2, 0.25) is 0 Å². The Kier molecular flexibility index (Phi) is 4.64. The fourth-order valence-electron chi connectivity index (χ4n) is 3.02. The summed E-state index contributed by atoms with van der Waals surface area (Å²) in [7, 11) is 0. The van der Waals surface area contributed by atoms with E-state index >= 15 is 0 Å². The van der Waals surface area contributed by atoms with E-state index in [4.69, 9.17) is 21.1 Å². The van der Waals surface area contributed by atoms with Crippen molar-refractivity contribution in [2.45, 2.75) is 26.9 Å². The molecule has 0 amide bonds. The summed E-state index contributed by atoms with van der Waals surface area (Å²) in [6.45, 7) is 5.07. The fraction of sp³-hybridized carbons (Fsp3) is 0.200.